The van der Waals surface area contributed by atoms with Gasteiger partial charge in [-0.1, -0.05) is 12.1 Å². The highest BCUT2D eigenvalue weighted by molar-refractivity contribution is 5.94. The summed E-state index contributed by atoms with van der Waals surface area (Å²) in [6, 6.07) is 2.93. The highest BCUT2D eigenvalue weighted by Crippen LogP contribution is 2.19. The Balaban J connectivity index is 2.13. The van der Waals surface area contributed by atoms with Crippen molar-refractivity contribution in [3.05, 3.63) is 29.8 Å². The van der Waals surface area contributed by atoms with Crippen molar-refractivity contribution < 1.29 is 34.5 Å². The summed E-state index contributed by atoms with van der Waals surface area (Å²) in [7, 11) is 0. The van der Waals surface area contributed by atoms with Gasteiger partial charge in [-0.15, -0.1) is 0 Å². The molecule has 0 aromatic heterocycles. The summed E-state index contributed by atoms with van der Waals surface area (Å²) in [5.41, 5.74) is 6.21. The molecule has 1 aliphatic rings. The van der Waals surface area contributed by atoms with Crippen LogP contribution in [-0.4, -0.2) is 81.7 Å². The third-order valence-corrected chi connectivity index (χ3v) is 4.78. The summed E-state index contributed by atoms with van der Waals surface area (Å²) in [6.07, 6.45) is 0.989. The van der Waals surface area contributed by atoms with Crippen LogP contribution in [0, 0.1) is 0 Å². The number of carboxylic acids is 1. The van der Waals surface area contributed by atoms with Crippen LogP contribution in [0.15, 0.2) is 24.3 Å². The number of carbonyl (C=O) groups excluding carboxylic acids is 3. The molecule has 0 spiro atoms. The smallest absolute Gasteiger partial charge is 0.322 e. The van der Waals surface area contributed by atoms with E-state index in [1.165, 1.54) is 17.0 Å². The number of aromatic hydroxyl groups is 1. The largest absolute Gasteiger partial charge is 0.508 e. The molecule has 1 aliphatic heterocycles. The Hall–Kier alpha value is -3.18. The second-order valence-electron chi connectivity index (χ2n) is 7.02. The van der Waals surface area contributed by atoms with Gasteiger partial charge in [0.1, 0.15) is 30.4 Å². The molecule has 0 saturated carbocycles. The molecule has 30 heavy (non-hydrogen) atoms. The first-order chi connectivity index (χ1) is 14.2. The zero-order valence-electron chi connectivity index (χ0n) is 16.3. The zero-order valence-corrected chi connectivity index (χ0v) is 16.3. The summed E-state index contributed by atoms with van der Waals surface area (Å²) >= 11 is 0. The number of carboxylic acid groups (broad SMARTS) is 1. The Kier molecular flexibility index (Phi) is 8.13. The summed E-state index contributed by atoms with van der Waals surface area (Å²) in [6.45, 7) is -0.858. The van der Waals surface area contributed by atoms with Crippen LogP contribution in [0.25, 0.3) is 0 Å². The van der Waals surface area contributed by atoms with Crippen LogP contribution < -0.4 is 16.4 Å². The van der Waals surface area contributed by atoms with Crippen LogP contribution in [0.5, 0.6) is 5.75 Å². The molecule has 0 bridgehead atoms. The van der Waals surface area contributed by atoms with Crippen LogP contribution >= 0.6 is 0 Å². The van der Waals surface area contributed by atoms with Crippen molar-refractivity contribution in [3.8, 4) is 5.75 Å². The van der Waals surface area contributed by atoms with E-state index in [0.29, 0.717) is 24.9 Å². The zero-order chi connectivity index (χ0) is 22.3. The number of nitrogens with two attached hydrogens (primary N) is 1. The first kappa shape index (κ1) is 23.1. The van der Waals surface area contributed by atoms with Crippen molar-refractivity contribution in [1.82, 2.24) is 15.5 Å². The lowest BCUT2D eigenvalue weighted by molar-refractivity contribution is -0.141. The minimum atomic E-state index is -1.23. The van der Waals surface area contributed by atoms with E-state index in [0.717, 1.165) is 0 Å². The molecule has 164 valence electrons. The molecule has 3 amide bonds. The van der Waals surface area contributed by atoms with E-state index in [1.807, 2.05) is 0 Å². The van der Waals surface area contributed by atoms with E-state index in [2.05, 4.69) is 10.6 Å². The number of aliphatic carboxylic acids is 1. The van der Waals surface area contributed by atoms with Gasteiger partial charge in [0.2, 0.25) is 17.7 Å². The molecule has 1 aromatic carbocycles. The molecule has 7 N–H and O–H groups in total. The van der Waals surface area contributed by atoms with Gasteiger partial charge in [0, 0.05) is 13.0 Å². The quantitative estimate of drug-likeness (QED) is 0.262. The van der Waals surface area contributed by atoms with E-state index in [4.69, 9.17) is 15.9 Å². The molecule has 11 heteroatoms. The van der Waals surface area contributed by atoms with Gasteiger partial charge in [0.15, 0.2) is 0 Å². The molecule has 1 fully saturated rings. The number of rotatable bonds is 9. The predicted octanol–water partition coefficient (Wildman–Crippen LogP) is -2.07. The Morgan fingerprint density at radius 2 is 1.87 bits per heavy atom. The molecular formula is C19H26N4O7. The molecule has 3 unspecified atom stereocenters. The van der Waals surface area contributed by atoms with Crippen LogP contribution in [0.2, 0.25) is 0 Å². The maximum Gasteiger partial charge on any atom is 0.322 e. The summed E-state index contributed by atoms with van der Waals surface area (Å²) in [5.74, 6) is -3.01. The fourth-order valence-corrected chi connectivity index (χ4v) is 3.23. The Morgan fingerprint density at radius 1 is 1.20 bits per heavy atom. The number of aliphatic hydroxyl groups is 1. The molecule has 1 saturated heterocycles. The maximum absolute atomic E-state index is 12.8. The molecule has 2 rings (SSSR count). The van der Waals surface area contributed by atoms with Crippen LogP contribution in [0.3, 0.4) is 0 Å². The Bertz CT molecular complexity index is 784. The average Bonchev–Trinajstić information content (AvgIpc) is 3.21. The number of nitrogens with zero attached hydrogens (tertiary/aromatic N) is 1. The monoisotopic (exact) mass is 422 g/mol. The van der Waals surface area contributed by atoms with Gasteiger partial charge in [-0.2, -0.15) is 0 Å². The number of hydrogen-bond acceptors (Lipinski definition) is 7. The van der Waals surface area contributed by atoms with Gasteiger partial charge in [-0.25, -0.2) is 0 Å². The van der Waals surface area contributed by atoms with Crippen molar-refractivity contribution >= 4 is 23.7 Å². The van der Waals surface area contributed by atoms with Crippen molar-refractivity contribution in [1.29, 1.82) is 0 Å². The number of carbonyl (C=O) groups is 4. The number of nitrogens with one attached hydrogen (secondary N) is 2. The number of phenolic OH excluding ortho intramolecular Hbond substituents is 1. The summed E-state index contributed by atoms with van der Waals surface area (Å²) in [5, 5.41) is 32.1. The van der Waals surface area contributed by atoms with E-state index in [-0.39, 0.29) is 12.2 Å². The Labute approximate surface area is 172 Å². The lowest BCUT2D eigenvalue weighted by atomic mass is 10.0. The fraction of sp³-hybridized carbons (Fsp3) is 0.474. The van der Waals surface area contributed by atoms with Crippen LogP contribution in [0.4, 0.5) is 0 Å². The third kappa shape index (κ3) is 6.16. The molecular weight excluding hydrogens is 396 g/mol. The average molecular weight is 422 g/mol. The summed E-state index contributed by atoms with van der Waals surface area (Å²) in [4.78, 5) is 49.6. The number of benzene rings is 1. The second kappa shape index (κ2) is 10.6. The molecule has 11 nitrogen and oxygen atoms in total. The number of hydrogen-bond donors (Lipinski definition) is 6. The van der Waals surface area contributed by atoms with E-state index in [9.17, 15) is 24.3 Å². The lowest BCUT2D eigenvalue weighted by Gasteiger charge is -2.28. The normalized spacial score (nSPS) is 17.8. The summed E-state index contributed by atoms with van der Waals surface area (Å²) < 4.78 is 0. The van der Waals surface area contributed by atoms with Gasteiger partial charge in [0.05, 0.1) is 6.61 Å². The minimum Gasteiger partial charge on any atom is -0.508 e. The molecule has 1 aromatic rings. The van der Waals surface area contributed by atoms with Crippen molar-refractivity contribution in [2.24, 2.45) is 5.73 Å². The van der Waals surface area contributed by atoms with E-state index in [1.54, 1.807) is 12.1 Å². The van der Waals surface area contributed by atoms with Crippen molar-refractivity contribution in [3.63, 3.8) is 0 Å². The minimum absolute atomic E-state index is 0.0370. The number of phenols is 1. The lowest BCUT2D eigenvalue weighted by Crippen LogP contribution is -2.56. The van der Waals surface area contributed by atoms with Gasteiger partial charge in [0.25, 0.3) is 0 Å². The van der Waals surface area contributed by atoms with Crippen LogP contribution in [-0.2, 0) is 25.6 Å². The SMILES string of the molecule is NC(CO)C(=O)N1CCCC1C(=O)NC(Cc1ccc(O)cc1)C(=O)NCC(=O)O. The molecule has 1 heterocycles. The highest BCUT2D eigenvalue weighted by atomic mass is 16.4. The van der Waals surface area contributed by atoms with Crippen molar-refractivity contribution in [2.45, 2.75) is 37.4 Å². The predicted molar refractivity (Wildman–Crippen MR) is 104 cm³/mol. The van der Waals surface area contributed by atoms with Gasteiger partial charge in [-0.3, -0.25) is 19.2 Å². The number of likely N-dealkylation sites (tertiary alicyclic amines) is 1. The van der Waals surface area contributed by atoms with Crippen LogP contribution in [0.1, 0.15) is 18.4 Å². The number of aliphatic hydroxyl groups excluding tert-OH is 1. The standard InChI is InChI=1S/C19H26N4O7/c20-13(10-24)19(30)23-7-1-2-15(23)18(29)22-14(17(28)21-9-16(26)27)8-11-3-5-12(25)6-4-11/h3-6,13-15,24-25H,1-2,7-10,20H2,(H,21,28)(H,22,29)(H,26,27). The molecule has 0 aliphatic carbocycles. The third-order valence-electron chi connectivity index (χ3n) is 4.78. The Morgan fingerprint density at radius 3 is 2.47 bits per heavy atom. The first-order valence-electron chi connectivity index (χ1n) is 9.47. The van der Waals surface area contributed by atoms with Gasteiger partial charge in [-0.05, 0) is 30.5 Å². The second-order valence-corrected chi connectivity index (χ2v) is 7.02. The van der Waals surface area contributed by atoms with Gasteiger partial charge >= 0.3 is 5.97 Å². The first-order valence-corrected chi connectivity index (χ1v) is 9.47. The fourth-order valence-electron chi connectivity index (χ4n) is 3.23. The van der Waals surface area contributed by atoms with Gasteiger partial charge < -0.3 is 36.6 Å². The van der Waals surface area contributed by atoms with E-state index < -0.39 is 55.0 Å². The maximum atomic E-state index is 12.8. The molecule has 3 atom stereocenters. The van der Waals surface area contributed by atoms with Crippen molar-refractivity contribution in [2.75, 3.05) is 19.7 Å². The van der Waals surface area contributed by atoms with E-state index >= 15 is 0 Å². The highest BCUT2D eigenvalue weighted by Gasteiger charge is 2.37. The topological polar surface area (TPSA) is 182 Å². The molecule has 0 radical (unpaired) electrons. The number of amides is 3.